The van der Waals surface area contributed by atoms with Gasteiger partial charge in [0.05, 0.1) is 11.3 Å². The van der Waals surface area contributed by atoms with Gasteiger partial charge < -0.3 is 15.1 Å². The zero-order valence-corrected chi connectivity index (χ0v) is 16.7. The highest BCUT2D eigenvalue weighted by Gasteiger charge is 2.37. The Kier molecular flexibility index (Phi) is 5.51. The predicted octanol–water partition coefficient (Wildman–Crippen LogP) is 3.94. The van der Waals surface area contributed by atoms with E-state index in [9.17, 15) is 14.0 Å². The maximum absolute atomic E-state index is 13.3. The number of benzene rings is 2. The second-order valence-corrected chi connectivity index (χ2v) is 7.66. The standard InChI is InChI=1S/C23H26FN3O2/c1-2-26-20-14-17(22(28)25-15-16-7-6-8-18(24)13-16)10-11-19(20)23(29)27-12-5-3-4-9-21(26)27/h6-8,10-11,13-14,21H,2-5,9,12,15H2,1H3,(H,25,28)/t21-/m0/s1. The molecule has 6 heteroatoms. The molecule has 2 aliphatic rings. The van der Waals surface area contributed by atoms with Crippen molar-refractivity contribution >= 4 is 17.5 Å². The number of carbonyl (C=O) groups is 2. The van der Waals surface area contributed by atoms with Crippen LogP contribution in [0.2, 0.25) is 0 Å². The normalized spacial score (nSPS) is 18.7. The summed E-state index contributed by atoms with van der Waals surface area (Å²) >= 11 is 0. The molecule has 2 aromatic rings. The quantitative estimate of drug-likeness (QED) is 0.853. The molecule has 0 aromatic heterocycles. The minimum Gasteiger partial charge on any atom is -0.351 e. The van der Waals surface area contributed by atoms with Gasteiger partial charge in [0.25, 0.3) is 11.8 Å². The maximum Gasteiger partial charge on any atom is 0.257 e. The summed E-state index contributed by atoms with van der Waals surface area (Å²) in [5.41, 5.74) is 2.70. The van der Waals surface area contributed by atoms with Crippen molar-refractivity contribution in [2.45, 2.75) is 45.3 Å². The molecule has 0 bridgehead atoms. The van der Waals surface area contributed by atoms with Crippen molar-refractivity contribution in [3.63, 3.8) is 0 Å². The van der Waals surface area contributed by atoms with E-state index in [1.54, 1.807) is 24.3 Å². The van der Waals surface area contributed by atoms with Gasteiger partial charge in [-0.3, -0.25) is 9.59 Å². The van der Waals surface area contributed by atoms with Crippen LogP contribution in [0, 0.1) is 5.82 Å². The predicted molar refractivity (Wildman–Crippen MR) is 110 cm³/mol. The fourth-order valence-corrected chi connectivity index (χ4v) is 4.37. The molecule has 1 saturated heterocycles. The lowest BCUT2D eigenvalue weighted by molar-refractivity contribution is 0.0656. The third-order valence-corrected chi connectivity index (χ3v) is 5.82. The summed E-state index contributed by atoms with van der Waals surface area (Å²) in [5.74, 6) is -0.497. The molecule has 5 nitrogen and oxygen atoms in total. The average molecular weight is 395 g/mol. The molecular formula is C23H26FN3O2. The molecular weight excluding hydrogens is 369 g/mol. The Morgan fingerprint density at radius 3 is 2.83 bits per heavy atom. The topological polar surface area (TPSA) is 52.7 Å². The molecule has 29 heavy (non-hydrogen) atoms. The molecule has 2 amide bonds. The zero-order chi connectivity index (χ0) is 20.4. The van der Waals surface area contributed by atoms with E-state index in [4.69, 9.17) is 0 Å². The van der Waals surface area contributed by atoms with Gasteiger partial charge in [-0.2, -0.15) is 0 Å². The van der Waals surface area contributed by atoms with Crippen molar-refractivity contribution in [3.05, 3.63) is 65.0 Å². The Balaban J connectivity index is 1.58. The van der Waals surface area contributed by atoms with Crippen LogP contribution in [-0.2, 0) is 6.54 Å². The molecule has 4 rings (SSSR count). The number of hydrogen-bond donors (Lipinski definition) is 1. The van der Waals surface area contributed by atoms with E-state index >= 15 is 0 Å². The van der Waals surface area contributed by atoms with Crippen LogP contribution < -0.4 is 10.2 Å². The van der Waals surface area contributed by atoms with E-state index in [-0.39, 0.29) is 30.3 Å². The van der Waals surface area contributed by atoms with Crippen molar-refractivity contribution in [2.75, 3.05) is 18.0 Å². The molecule has 0 aliphatic carbocycles. The molecule has 152 valence electrons. The van der Waals surface area contributed by atoms with Crippen LogP contribution in [0.3, 0.4) is 0 Å². The number of fused-ring (bicyclic) bond motifs is 2. The summed E-state index contributed by atoms with van der Waals surface area (Å²) in [5, 5.41) is 2.84. The molecule has 1 fully saturated rings. The summed E-state index contributed by atoms with van der Waals surface area (Å²) in [7, 11) is 0. The summed E-state index contributed by atoms with van der Waals surface area (Å²) in [4.78, 5) is 30.0. The van der Waals surface area contributed by atoms with Crippen molar-refractivity contribution in [3.8, 4) is 0 Å². The zero-order valence-electron chi connectivity index (χ0n) is 16.7. The highest BCUT2D eigenvalue weighted by molar-refractivity contribution is 6.04. The Morgan fingerprint density at radius 1 is 1.17 bits per heavy atom. The minimum absolute atomic E-state index is 0.0586. The Labute approximate surface area is 170 Å². The van der Waals surface area contributed by atoms with Crippen molar-refractivity contribution in [1.82, 2.24) is 10.2 Å². The third-order valence-electron chi connectivity index (χ3n) is 5.82. The highest BCUT2D eigenvalue weighted by atomic mass is 19.1. The van der Waals surface area contributed by atoms with Gasteiger partial charge in [0.15, 0.2) is 0 Å². The smallest absolute Gasteiger partial charge is 0.257 e. The molecule has 2 heterocycles. The van der Waals surface area contributed by atoms with E-state index in [0.717, 1.165) is 44.5 Å². The first kappa shape index (κ1) is 19.4. The molecule has 0 radical (unpaired) electrons. The molecule has 0 saturated carbocycles. The second-order valence-electron chi connectivity index (χ2n) is 7.66. The summed E-state index contributed by atoms with van der Waals surface area (Å²) in [6, 6.07) is 11.5. The van der Waals surface area contributed by atoms with Gasteiger partial charge in [0, 0.05) is 25.2 Å². The minimum atomic E-state index is -0.324. The first-order chi connectivity index (χ1) is 14.1. The number of anilines is 1. The van der Waals surface area contributed by atoms with Gasteiger partial charge in [-0.25, -0.2) is 4.39 Å². The van der Waals surface area contributed by atoms with Gasteiger partial charge >= 0.3 is 0 Å². The van der Waals surface area contributed by atoms with Gasteiger partial charge in [-0.05, 0) is 62.1 Å². The van der Waals surface area contributed by atoms with Crippen LogP contribution in [-0.4, -0.2) is 36.0 Å². The molecule has 0 spiro atoms. The van der Waals surface area contributed by atoms with Crippen LogP contribution in [0.25, 0.3) is 0 Å². The number of nitrogens with zero attached hydrogens (tertiary/aromatic N) is 2. The number of nitrogens with one attached hydrogen (secondary N) is 1. The van der Waals surface area contributed by atoms with Gasteiger partial charge in [-0.1, -0.05) is 18.6 Å². The van der Waals surface area contributed by atoms with E-state index in [1.807, 2.05) is 11.0 Å². The van der Waals surface area contributed by atoms with Crippen molar-refractivity contribution in [2.24, 2.45) is 0 Å². The van der Waals surface area contributed by atoms with Crippen molar-refractivity contribution in [1.29, 1.82) is 0 Å². The highest BCUT2D eigenvalue weighted by Crippen LogP contribution is 2.35. The summed E-state index contributed by atoms with van der Waals surface area (Å²) in [6.07, 6.45) is 4.30. The van der Waals surface area contributed by atoms with Crippen LogP contribution in [0.1, 0.15) is 58.9 Å². The molecule has 2 aromatic carbocycles. The van der Waals surface area contributed by atoms with Gasteiger partial charge in [-0.15, -0.1) is 0 Å². The first-order valence-corrected chi connectivity index (χ1v) is 10.3. The molecule has 1 N–H and O–H groups in total. The van der Waals surface area contributed by atoms with Crippen molar-refractivity contribution < 1.29 is 14.0 Å². The Morgan fingerprint density at radius 2 is 2.03 bits per heavy atom. The van der Waals surface area contributed by atoms with Crippen LogP contribution in [0.15, 0.2) is 42.5 Å². The van der Waals surface area contributed by atoms with E-state index in [0.29, 0.717) is 16.7 Å². The number of rotatable bonds is 4. The summed E-state index contributed by atoms with van der Waals surface area (Å²) < 4.78 is 13.3. The summed E-state index contributed by atoms with van der Waals surface area (Å²) in [6.45, 7) is 3.89. The number of hydrogen-bond acceptors (Lipinski definition) is 3. The lowest BCUT2D eigenvalue weighted by Crippen LogP contribution is -2.55. The molecule has 2 aliphatic heterocycles. The van der Waals surface area contributed by atoms with Gasteiger partial charge in [0.2, 0.25) is 0 Å². The third kappa shape index (κ3) is 3.84. The lowest BCUT2D eigenvalue weighted by atomic mass is 10.0. The molecule has 0 unspecified atom stereocenters. The SMILES string of the molecule is CCN1c2cc(C(=O)NCc3cccc(F)c3)ccc2C(=O)N2CCCCC[C@H]21. The fourth-order valence-electron chi connectivity index (χ4n) is 4.37. The van der Waals surface area contributed by atoms with E-state index in [2.05, 4.69) is 17.1 Å². The van der Waals surface area contributed by atoms with Crippen LogP contribution in [0.5, 0.6) is 0 Å². The Hall–Kier alpha value is -2.89. The van der Waals surface area contributed by atoms with E-state index < -0.39 is 0 Å². The Bertz CT molecular complexity index is 930. The van der Waals surface area contributed by atoms with E-state index in [1.165, 1.54) is 12.1 Å². The number of halogens is 1. The van der Waals surface area contributed by atoms with Crippen LogP contribution >= 0.6 is 0 Å². The van der Waals surface area contributed by atoms with Gasteiger partial charge in [0.1, 0.15) is 12.0 Å². The monoisotopic (exact) mass is 395 g/mol. The lowest BCUT2D eigenvalue weighted by Gasteiger charge is -2.44. The number of amides is 2. The first-order valence-electron chi connectivity index (χ1n) is 10.3. The van der Waals surface area contributed by atoms with Crippen LogP contribution in [0.4, 0.5) is 10.1 Å². The maximum atomic E-state index is 13.3. The number of carbonyl (C=O) groups excluding carboxylic acids is 2. The average Bonchev–Trinajstić information content (AvgIpc) is 2.98. The second kappa shape index (κ2) is 8.23. The fraction of sp³-hybridized carbons (Fsp3) is 0.391. The largest absolute Gasteiger partial charge is 0.351 e. The molecule has 1 atom stereocenters.